The van der Waals surface area contributed by atoms with E-state index in [2.05, 4.69) is 10.3 Å². The van der Waals surface area contributed by atoms with Crippen molar-refractivity contribution in [2.45, 2.75) is 26.4 Å². The molecule has 0 bridgehead atoms. The summed E-state index contributed by atoms with van der Waals surface area (Å²) in [5, 5.41) is 11.2. The highest BCUT2D eigenvalue weighted by atomic mass is 16.4. The third kappa shape index (κ3) is 4.04. The van der Waals surface area contributed by atoms with Crippen molar-refractivity contribution in [3.05, 3.63) is 30.1 Å². The number of aromatic nitrogens is 1. The second-order valence-electron chi connectivity index (χ2n) is 3.88. The lowest BCUT2D eigenvalue weighted by atomic mass is 10.2. The van der Waals surface area contributed by atoms with Gasteiger partial charge in [0.05, 0.1) is 0 Å². The Labute approximate surface area is 106 Å². The summed E-state index contributed by atoms with van der Waals surface area (Å²) in [7, 11) is 0. The molecule has 1 rings (SSSR count). The van der Waals surface area contributed by atoms with Crippen molar-refractivity contribution in [3.63, 3.8) is 0 Å². The van der Waals surface area contributed by atoms with Crippen molar-refractivity contribution in [3.8, 4) is 0 Å². The molecule has 0 aliphatic heterocycles. The largest absolute Gasteiger partial charge is 0.480 e. The zero-order chi connectivity index (χ0) is 13.5. The van der Waals surface area contributed by atoms with E-state index in [9.17, 15) is 9.59 Å². The Morgan fingerprint density at radius 2 is 2.06 bits per heavy atom. The van der Waals surface area contributed by atoms with E-state index in [1.807, 2.05) is 19.1 Å². The molecular formula is C12H17N3O3. The molecule has 0 radical (unpaired) electrons. The molecule has 0 unspecified atom stereocenters. The highest BCUT2D eigenvalue weighted by molar-refractivity contribution is 5.82. The summed E-state index contributed by atoms with van der Waals surface area (Å²) < 4.78 is 0. The zero-order valence-corrected chi connectivity index (χ0v) is 10.5. The molecule has 0 aliphatic carbocycles. The van der Waals surface area contributed by atoms with Crippen LogP contribution in [0.4, 0.5) is 4.79 Å². The average molecular weight is 251 g/mol. The first-order valence-electron chi connectivity index (χ1n) is 5.71. The van der Waals surface area contributed by atoms with E-state index in [1.54, 1.807) is 12.4 Å². The summed E-state index contributed by atoms with van der Waals surface area (Å²) in [5.41, 5.74) is 0.949. The van der Waals surface area contributed by atoms with Gasteiger partial charge in [0.1, 0.15) is 6.04 Å². The van der Waals surface area contributed by atoms with Gasteiger partial charge >= 0.3 is 12.0 Å². The van der Waals surface area contributed by atoms with Crippen LogP contribution in [0, 0.1) is 0 Å². The van der Waals surface area contributed by atoms with Gasteiger partial charge in [0.2, 0.25) is 0 Å². The Hall–Kier alpha value is -2.11. The number of nitrogens with one attached hydrogen (secondary N) is 1. The highest BCUT2D eigenvalue weighted by Gasteiger charge is 2.18. The zero-order valence-electron chi connectivity index (χ0n) is 10.5. The van der Waals surface area contributed by atoms with Gasteiger partial charge in [-0.05, 0) is 31.5 Å². The minimum absolute atomic E-state index is 0.385. The highest BCUT2D eigenvalue weighted by Crippen LogP contribution is 2.03. The molecule has 0 saturated heterocycles. The van der Waals surface area contributed by atoms with E-state index in [0.29, 0.717) is 13.1 Å². The number of carboxylic acid groups (broad SMARTS) is 1. The molecule has 2 N–H and O–H groups in total. The van der Waals surface area contributed by atoms with Crippen molar-refractivity contribution in [2.75, 3.05) is 6.54 Å². The summed E-state index contributed by atoms with van der Waals surface area (Å²) in [6.07, 6.45) is 3.31. The quantitative estimate of drug-likeness (QED) is 0.820. The summed E-state index contributed by atoms with van der Waals surface area (Å²) >= 11 is 0. The molecule has 6 nitrogen and oxygen atoms in total. The smallest absolute Gasteiger partial charge is 0.325 e. The lowest BCUT2D eigenvalue weighted by Gasteiger charge is -2.22. The molecule has 2 amide bonds. The number of urea groups is 1. The van der Waals surface area contributed by atoms with Crippen LogP contribution in [0.3, 0.4) is 0 Å². The second-order valence-corrected chi connectivity index (χ2v) is 3.88. The number of nitrogens with zero attached hydrogens (tertiary/aromatic N) is 2. The van der Waals surface area contributed by atoms with E-state index < -0.39 is 12.0 Å². The van der Waals surface area contributed by atoms with Crippen LogP contribution < -0.4 is 5.32 Å². The number of pyridine rings is 1. The molecule has 0 fully saturated rings. The van der Waals surface area contributed by atoms with E-state index >= 15 is 0 Å². The maximum Gasteiger partial charge on any atom is 0.325 e. The van der Waals surface area contributed by atoms with Crippen molar-refractivity contribution in [1.82, 2.24) is 15.2 Å². The summed E-state index contributed by atoms with van der Waals surface area (Å²) in [6.45, 7) is 4.20. The Balaban J connectivity index is 2.61. The van der Waals surface area contributed by atoms with Gasteiger partial charge in [0.15, 0.2) is 0 Å². The van der Waals surface area contributed by atoms with Gasteiger partial charge in [0, 0.05) is 25.5 Å². The number of carbonyl (C=O) groups excluding carboxylic acids is 1. The molecule has 1 aromatic rings. The molecule has 0 spiro atoms. The number of carboxylic acids is 1. The van der Waals surface area contributed by atoms with Crippen LogP contribution in [-0.4, -0.2) is 39.6 Å². The molecule has 6 heteroatoms. The number of hydrogen-bond acceptors (Lipinski definition) is 3. The Morgan fingerprint density at radius 1 is 1.44 bits per heavy atom. The van der Waals surface area contributed by atoms with E-state index in [1.165, 1.54) is 11.8 Å². The van der Waals surface area contributed by atoms with Crippen LogP contribution in [0.15, 0.2) is 24.5 Å². The molecule has 1 atom stereocenters. The third-order valence-electron chi connectivity index (χ3n) is 2.50. The van der Waals surface area contributed by atoms with Crippen molar-refractivity contribution < 1.29 is 14.7 Å². The number of hydrogen-bond donors (Lipinski definition) is 2. The van der Waals surface area contributed by atoms with Crippen molar-refractivity contribution in [2.24, 2.45) is 0 Å². The molecular weight excluding hydrogens is 234 g/mol. The molecule has 98 valence electrons. The van der Waals surface area contributed by atoms with Gasteiger partial charge in [0.25, 0.3) is 0 Å². The van der Waals surface area contributed by atoms with E-state index in [4.69, 9.17) is 5.11 Å². The Kier molecular flexibility index (Phi) is 5.10. The number of rotatable bonds is 5. The predicted octanol–water partition coefficient (Wildman–Crippen LogP) is 1.09. The van der Waals surface area contributed by atoms with Crippen molar-refractivity contribution >= 4 is 12.0 Å². The minimum atomic E-state index is -1.05. The van der Waals surface area contributed by atoms with Crippen LogP contribution in [0.5, 0.6) is 0 Å². The van der Waals surface area contributed by atoms with Crippen LogP contribution in [-0.2, 0) is 11.3 Å². The van der Waals surface area contributed by atoms with Crippen LogP contribution in [0.1, 0.15) is 19.4 Å². The van der Waals surface area contributed by atoms with Crippen LogP contribution in [0.25, 0.3) is 0 Å². The van der Waals surface area contributed by atoms with Gasteiger partial charge in [-0.25, -0.2) is 4.79 Å². The van der Waals surface area contributed by atoms with Gasteiger partial charge in [-0.1, -0.05) is 0 Å². The first-order chi connectivity index (χ1) is 8.54. The Morgan fingerprint density at radius 3 is 2.56 bits per heavy atom. The number of amides is 2. The van der Waals surface area contributed by atoms with Gasteiger partial charge in [-0.2, -0.15) is 0 Å². The monoisotopic (exact) mass is 251 g/mol. The molecule has 1 aromatic heterocycles. The van der Waals surface area contributed by atoms with Crippen molar-refractivity contribution in [1.29, 1.82) is 0 Å². The number of aliphatic carboxylic acids is 1. The molecule has 1 heterocycles. The second kappa shape index (κ2) is 6.58. The summed E-state index contributed by atoms with van der Waals surface area (Å²) in [6, 6.07) is 2.35. The molecule has 18 heavy (non-hydrogen) atoms. The SMILES string of the molecule is CCN(Cc1ccncc1)C(=O)N[C@@H](C)C(=O)O. The van der Waals surface area contributed by atoms with E-state index in [0.717, 1.165) is 5.56 Å². The summed E-state index contributed by atoms with van der Waals surface area (Å²) in [5.74, 6) is -1.05. The first-order valence-corrected chi connectivity index (χ1v) is 5.71. The maximum absolute atomic E-state index is 11.8. The third-order valence-corrected chi connectivity index (χ3v) is 2.50. The molecule has 0 saturated carbocycles. The van der Waals surface area contributed by atoms with E-state index in [-0.39, 0.29) is 6.03 Å². The van der Waals surface area contributed by atoms with Crippen LogP contribution >= 0.6 is 0 Å². The lowest BCUT2D eigenvalue weighted by molar-refractivity contribution is -0.138. The van der Waals surface area contributed by atoms with Gasteiger partial charge in [-0.3, -0.25) is 9.78 Å². The predicted molar refractivity (Wildman–Crippen MR) is 66.0 cm³/mol. The first kappa shape index (κ1) is 14.0. The Bertz CT molecular complexity index is 408. The van der Waals surface area contributed by atoms with Crippen LogP contribution in [0.2, 0.25) is 0 Å². The minimum Gasteiger partial charge on any atom is -0.480 e. The van der Waals surface area contributed by atoms with Gasteiger partial charge in [-0.15, -0.1) is 0 Å². The molecule has 0 aliphatic rings. The topological polar surface area (TPSA) is 82.5 Å². The normalized spacial score (nSPS) is 11.7. The maximum atomic E-state index is 11.8. The standard InChI is InChI=1S/C12H17N3O3/c1-3-15(8-10-4-6-13-7-5-10)12(18)14-9(2)11(16)17/h4-7,9H,3,8H2,1-2H3,(H,14,18)(H,16,17)/t9-/m0/s1. The lowest BCUT2D eigenvalue weighted by Crippen LogP contribution is -2.46. The molecule has 0 aromatic carbocycles. The fourth-order valence-electron chi connectivity index (χ4n) is 1.37. The summed E-state index contributed by atoms with van der Waals surface area (Å²) in [4.78, 5) is 27.9. The van der Waals surface area contributed by atoms with Gasteiger partial charge < -0.3 is 15.3 Å². The fraction of sp³-hybridized carbons (Fsp3) is 0.417. The fourth-order valence-corrected chi connectivity index (χ4v) is 1.37. The number of carbonyl (C=O) groups is 2. The average Bonchev–Trinajstić information content (AvgIpc) is 2.36.